The minimum Gasteiger partial charge on any atom is -0.192 e. The van der Waals surface area contributed by atoms with Crippen LogP contribution in [0.2, 0.25) is 0 Å². The van der Waals surface area contributed by atoms with Crippen LogP contribution in [0.1, 0.15) is 266 Å². The Balaban J connectivity index is 1.16. The van der Waals surface area contributed by atoms with Gasteiger partial charge >= 0.3 is 0 Å². The molecule has 0 bridgehead atoms. The van der Waals surface area contributed by atoms with Crippen molar-refractivity contribution in [3.63, 3.8) is 0 Å². The van der Waals surface area contributed by atoms with Gasteiger partial charge in [0.2, 0.25) is 0 Å². The van der Waals surface area contributed by atoms with Crippen molar-refractivity contribution in [2.45, 2.75) is 264 Å². The Kier molecular flexibility index (Phi) is 19.8. The smallest absolute Gasteiger partial charge is 0.0992 e. The van der Waals surface area contributed by atoms with Crippen LogP contribution in [0.3, 0.4) is 0 Å². The van der Waals surface area contributed by atoms with Crippen molar-refractivity contribution >= 4 is 129 Å². The van der Waals surface area contributed by atoms with Gasteiger partial charge in [0.25, 0.3) is 0 Å². The Morgan fingerprint density at radius 2 is 0.372 bits per heavy atom. The van der Waals surface area contributed by atoms with E-state index in [1.807, 2.05) is 0 Å². The van der Waals surface area contributed by atoms with E-state index in [1.54, 1.807) is 0 Å². The zero-order valence-electron chi connectivity index (χ0n) is 61.3. The molecule has 494 valence electrons. The lowest BCUT2D eigenvalue weighted by molar-refractivity contribution is 0.437. The zero-order chi connectivity index (χ0) is 66.0. The van der Waals surface area contributed by atoms with E-state index in [1.165, 1.54) is 286 Å². The molecule has 0 heterocycles. The number of benzene rings is 13. The highest BCUT2D eigenvalue weighted by Gasteiger charge is 2.33. The molecule has 5 unspecified atom stereocenters. The van der Waals surface area contributed by atoms with Crippen molar-refractivity contribution in [3.05, 3.63) is 106 Å². The molecule has 13 rings (SSSR count). The molecule has 13 aromatic rings. The molecule has 0 N–H and O–H groups in total. The maximum absolute atomic E-state index is 11.4. The topological polar surface area (TPSA) is 23.8 Å². The minimum atomic E-state index is 0.657. The van der Waals surface area contributed by atoms with Gasteiger partial charge in [0.05, 0.1) is 11.6 Å². The molecule has 0 amide bonds. The third kappa shape index (κ3) is 13.0. The van der Waals surface area contributed by atoms with Gasteiger partial charge in [-0.1, -0.05) is 261 Å². The third-order valence-corrected chi connectivity index (χ3v) is 24.0. The summed E-state index contributed by atoms with van der Waals surface area (Å²) in [6.07, 6.45) is 31.0. The average molecular weight is 1250 g/mol. The molecule has 94 heavy (non-hydrogen) atoms. The van der Waals surface area contributed by atoms with Gasteiger partial charge in [-0.25, -0.2) is 0 Å². The maximum atomic E-state index is 11.4. The van der Waals surface area contributed by atoms with E-state index >= 15 is 0 Å². The van der Waals surface area contributed by atoms with Gasteiger partial charge in [0, 0.05) is 0 Å². The molecule has 1 heteroatoms. The summed E-state index contributed by atoms with van der Waals surface area (Å²) < 4.78 is 0. The summed E-state index contributed by atoms with van der Waals surface area (Å²) in [4.78, 5) is 0. The molecule has 1 nitrogen and oxygen atoms in total. The van der Waals surface area contributed by atoms with Crippen LogP contribution >= 0.6 is 0 Å². The maximum Gasteiger partial charge on any atom is 0.0992 e. The van der Waals surface area contributed by atoms with Crippen LogP contribution in [0.15, 0.2) is 72.8 Å². The fourth-order valence-corrected chi connectivity index (χ4v) is 18.5. The molecular formula is C93H117N. The Morgan fingerprint density at radius 1 is 0.213 bits per heavy atom. The molecule has 0 saturated heterocycles. The van der Waals surface area contributed by atoms with Crippen LogP contribution in [0, 0.1) is 70.5 Å². The van der Waals surface area contributed by atoms with Gasteiger partial charge in [0.15, 0.2) is 0 Å². The minimum absolute atomic E-state index is 0.657. The summed E-state index contributed by atoms with van der Waals surface area (Å²) in [5.41, 5.74) is 8.21. The quantitative estimate of drug-likeness (QED) is 0.0287. The zero-order valence-corrected chi connectivity index (χ0v) is 61.3. The molecule has 0 aliphatic carbocycles. The van der Waals surface area contributed by atoms with Crippen LogP contribution in [0.4, 0.5) is 0 Å². The number of rotatable bonds is 35. The fourth-order valence-electron chi connectivity index (χ4n) is 18.5. The highest BCUT2D eigenvalue weighted by molar-refractivity contribution is 6.61. The Hall–Kier alpha value is -5.97. The van der Waals surface area contributed by atoms with Crippen molar-refractivity contribution in [1.82, 2.24) is 0 Å². The summed E-state index contributed by atoms with van der Waals surface area (Å²) in [5.74, 6) is 7.07. The molecule has 0 fully saturated rings. The van der Waals surface area contributed by atoms with Gasteiger partial charge in [-0.05, 0) is 293 Å². The van der Waals surface area contributed by atoms with Crippen molar-refractivity contribution in [2.24, 2.45) is 59.2 Å². The molecule has 0 aliphatic rings. The third-order valence-electron chi connectivity index (χ3n) is 24.0. The summed E-state index contributed by atoms with van der Waals surface area (Å²) in [5, 5.41) is 46.0. The number of hydrogen-bond acceptors (Lipinski definition) is 1. The lowest BCUT2D eigenvalue weighted by Gasteiger charge is -2.30. The monoisotopic (exact) mass is 1250 g/mol. The predicted molar refractivity (Wildman–Crippen MR) is 419 cm³/mol. The first-order chi connectivity index (χ1) is 45.2. The van der Waals surface area contributed by atoms with Crippen molar-refractivity contribution < 1.29 is 0 Å². The van der Waals surface area contributed by atoms with Gasteiger partial charge in [-0.3, -0.25) is 0 Å². The normalized spacial score (nSPS) is 14.8. The Morgan fingerprint density at radius 3 is 0.521 bits per heavy atom. The van der Waals surface area contributed by atoms with Crippen LogP contribution in [0.25, 0.3) is 129 Å². The molecular weight excluding hydrogens is 1130 g/mol. The predicted octanol–water partition coefficient (Wildman–Crippen LogP) is 29.0. The lowest BCUT2D eigenvalue weighted by Crippen LogP contribution is -2.04. The number of nitrogens with zero attached hydrogens (tertiary/aromatic N) is 1. The molecule has 5 atom stereocenters. The van der Waals surface area contributed by atoms with Gasteiger partial charge in [-0.2, -0.15) is 5.26 Å². The molecule has 13 aromatic carbocycles. The number of hydrogen-bond donors (Lipinski definition) is 0. The van der Waals surface area contributed by atoms with Crippen LogP contribution in [-0.4, -0.2) is 0 Å². The van der Waals surface area contributed by atoms with E-state index in [-0.39, 0.29) is 0 Å². The van der Waals surface area contributed by atoms with Crippen LogP contribution in [-0.2, 0) is 32.1 Å². The Labute approximate surface area is 566 Å². The SMILES string of the molecule is CC(C)CCCC(C)CCc1cc2c3cc(C#N)cc4c5cc(CCC(C)CCCC(C)C)cc6c7cc(CCC(C)CCCC(C)C)cc8c9cc(CCC(C)CCCC(C)C)cc%10c%11cc(CCC(C)CCCC(C)C)cc%12c(c1)c2c1c(c34)c(c56)c(c78)c(c%109)c1c%12%11. The van der Waals surface area contributed by atoms with E-state index in [0.717, 1.165) is 67.3 Å². The van der Waals surface area contributed by atoms with Crippen molar-refractivity contribution in [3.8, 4) is 6.07 Å². The van der Waals surface area contributed by atoms with Gasteiger partial charge in [-0.15, -0.1) is 0 Å². The molecule has 0 aromatic heterocycles. The number of aryl methyl sites for hydroxylation is 5. The first kappa shape index (κ1) is 66.6. The first-order valence-corrected chi connectivity index (χ1v) is 39.0. The summed E-state index contributed by atoms with van der Waals surface area (Å²) in [6.45, 7) is 36.5. The first-order valence-electron chi connectivity index (χ1n) is 39.0. The van der Waals surface area contributed by atoms with E-state index < -0.39 is 0 Å². The largest absolute Gasteiger partial charge is 0.192 e. The van der Waals surface area contributed by atoms with E-state index in [4.69, 9.17) is 0 Å². The number of nitriles is 1. The molecule has 0 saturated carbocycles. The standard InChI is InChI=1S/C93H117N/c1-54(2)21-16-26-59(11)31-36-64-41-70-72-43-65(37-32-60(12)27-17-22-55(3)4)45-74-76-47-67(39-34-62(14)29-19-24-57(7)8)49-78-80-51-69(53-94)52-81-79-50-68(40-35-63(15)30-20-25-58(9)10)48-77-75-46-66(38-33-61(13)28-18-23-56(5)6)44-73-71(42-64)82(70)88-89(83(72)74)91(85(76)78)93(87(80)81)92(86(77)79)90(88)84(73)75/h41-52,54-63H,16-40H2,1-15H3. The average Bonchev–Trinajstić information content (AvgIpc) is 0.644. The van der Waals surface area contributed by atoms with E-state index in [0.29, 0.717) is 29.6 Å². The highest BCUT2D eigenvalue weighted by Crippen LogP contribution is 2.61. The van der Waals surface area contributed by atoms with Crippen LogP contribution < -0.4 is 0 Å². The fraction of sp³-hybridized carbons (Fsp3) is 0.538. The van der Waals surface area contributed by atoms with Gasteiger partial charge in [0.1, 0.15) is 0 Å². The molecule has 0 aliphatic heterocycles. The van der Waals surface area contributed by atoms with Crippen molar-refractivity contribution in [1.29, 1.82) is 5.26 Å². The highest BCUT2D eigenvalue weighted by atomic mass is 14.4. The summed E-state index contributed by atoms with van der Waals surface area (Å²) in [6, 6.07) is 34.6. The lowest BCUT2D eigenvalue weighted by atomic mass is 9.72. The van der Waals surface area contributed by atoms with E-state index in [9.17, 15) is 5.26 Å². The van der Waals surface area contributed by atoms with Gasteiger partial charge < -0.3 is 0 Å². The van der Waals surface area contributed by atoms with Crippen LogP contribution in [0.5, 0.6) is 0 Å². The second kappa shape index (κ2) is 27.9. The second-order valence-corrected chi connectivity index (χ2v) is 34.5. The van der Waals surface area contributed by atoms with Crippen molar-refractivity contribution in [2.75, 3.05) is 0 Å². The van der Waals surface area contributed by atoms with E-state index in [2.05, 4.69) is 183 Å². The number of fused-ring (bicyclic) bond motifs is 6. The molecule has 0 radical (unpaired) electrons. The Bertz CT molecular complexity index is 4470. The summed E-state index contributed by atoms with van der Waals surface area (Å²) >= 11 is 0. The second-order valence-electron chi connectivity index (χ2n) is 34.5. The molecule has 0 spiro atoms. The summed E-state index contributed by atoms with van der Waals surface area (Å²) in [7, 11) is 0.